The predicted molar refractivity (Wildman–Crippen MR) is 73.9 cm³/mol. The molecular formula is C14H20ClNO. The fraction of sp³-hybridized carbons (Fsp3) is 0.500. The highest BCUT2D eigenvalue weighted by Crippen LogP contribution is 2.25. The van der Waals surface area contributed by atoms with Crippen molar-refractivity contribution in [2.24, 2.45) is 0 Å². The minimum atomic E-state index is -0.509. The standard InChI is InChI=1S/C14H20ClNO/c1-4-13(17)14(15)11-7-9-12(10-8-11)16(5-2)6-3/h7-10,14H,4-6H2,1-3H3. The third-order valence-electron chi connectivity index (χ3n) is 2.95. The van der Waals surface area contributed by atoms with Crippen LogP contribution in [0, 0.1) is 0 Å². The maximum absolute atomic E-state index is 11.5. The summed E-state index contributed by atoms with van der Waals surface area (Å²) in [6.07, 6.45) is 0.478. The number of alkyl halides is 1. The molecule has 0 aromatic heterocycles. The molecule has 3 heteroatoms. The number of ketones is 1. The van der Waals surface area contributed by atoms with Crippen LogP contribution in [0.3, 0.4) is 0 Å². The van der Waals surface area contributed by atoms with Gasteiger partial charge in [0.2, 0.25) is 0 Å². The first-order chi connectivity index (χ1) is 8.13. The highest BCUT2D eigenvalue weighted by Gasteiger charge is 2.15. The van der Waals surface area contributed by atoms with E-state index in [1.165, 1.54) is 5.69 Å². The van der Waals surface area contributed by atoms with Gasteiger partial charge in [0.05, 0.1) is 0 Å². The molecule has 0 saturated heterocycles. The summed E-state index contributed by atoms with van der Waals surface area (Å²) in [7, 11) is 0. The van der Waals surface area contributed by atoms with Gasteiger partial charge in [-0.15, -0.1) is 11.6 Å². The lowest BCUT2D eigenvalue weighted by Gasteiger charge is -2.21. The first-order valence-electron chi connectivity index (χ1n) is 6.15. The molecule has 0 fully saturated rings. The quantitative estimate of drug-likeness (QED) is 0.719. The number of halogens is 1. The molecule has 0 bridgehead atoms. The molecule has 0 aliphatic rings. The van der Waals surface area contributed by atoms with Gasteiger partial charge in [0, 0.05) is 25.2 Å². The SMILES string of the molecule is CCC(=O)C(Cl)c1ccc(N(CC)CC)cc1. The van der Waals surface area contributed by atoms with E-state index in [1.807, 2.05) is 31.2 Å². The predicted octanol–water partition coefficient (Wildman–Crippen LogP) is 3.79. The summed E-state index contributed by atoms with van der Waals surface area (Å²) in [6.45, 7) is 8.05. The molecule has 0 heterocycles. The highest BCUT2D eigenvalue weighted by molar-refractivity contribution is 6.31. The average Bonchev–Trinajstić information content (AvgIpc) is 2.39. The number of anilines is 1. The van der Waals surface area contributed by atoms with Crippen molar-refractivity contribution in [1.29, 1.82) is 0 Å². The third kappa shape index (κ3) is 3.47. The minimum absolute atomic E-state index is 0.0715. The van der Waals surface area contributed by atoms with Crippen LogP contribution in [0.4, 0.5) is 5.69 Å². The Morgan fingerprint density at radius 1 is 1.18 bits per heavy atom. The summed E-state index contributed by atoms with van der Waals surface area (Å²) in [5, 5.41) is -0.509. The molecule has 1 aromatic carbocycles. The van der Waals surface area contributed by atoms with E-state index in [9.17, 15) is 4.79 Å². The van der Waals surface area contributed by atoms with Gasteiger partial charge < -0.3 is 4.90 Å². The lowest BCUT2D eigenvalue weighted by atomic mass is 10.1. The van der Waals surface area contributed by atoms with Crippen molar-refractivity contribution in [3.8, 4) is 0 Å². The number of benzene rings is 1. The zero-order chi connectivity index (χ0) is 12.8. The maximum Gasteiger partial charge on any atom is 0.154 e. The van der Waals surface area contributed by atoms with Gasteiger partial charge >= 0.3 is 0 Å². The topological polar surface area (TPSA) is 20.3 Å². The van der Waals surface area contributed by atoms with Crippen LogP contribution in [-0.2, 0) is 4.79 Å². The molecule has 0 amide bonds. The second-order valence-corrected chi connectivity index (χ2v) is 4.38. The lowest BCUT2D eigenvalue weighted by molar-refractivity contribution is -0.118. The van der Waals surface area contributed by atoms with E-state index < -0.39 is 5.38 Å². The van der Waals surface area contributed by atoms with Gasteiger partial charge in [0.25, 0.3) is 0 Å². The van der Waals surface area contributed by atoms with Crippen LogP contribution in [0.1, 0.15) is 38.1 Å². The molecule has 17 heavy (non-hydrogen) atoms. The van der Waals surface area contributed by atoms with Crippen LogP contribution in [0.15, 0.2) is 24.3 Å². The van der Waals surface area contributed by atoms with Crippen molar-refractivity contribution >= 4 is 23.1 Å². The largest absolute Gasteiger partial charge is 0.372 e. The monoisotopic (exact) mass is 253 g/mol. The van der Waals surface area contributed by atoms with Gasteiger partial charge in [0.1, 0.15) is 5.38 Å². The van der Waals surface area contributed by atoms with Crippen LogP contribution in [0.25, 0.3) is 0 Å². The Balaban J connectivity index is 2.84. The lowest BCUT2D eigenvalue weighted by Crippen LogP contribution is -2.21. The molecule has 1 atom stereocenters. The molecule has 94 valence electrons. The number of carbonyl (C=O) groups excluding carboxylic acids is 1. The molecule has 2 nitrogen and oxygen atoms in total. The number of hydrogen-bond donors (Lipinski definition) is 0. The van der Waals surface area contributed by atoms with E-state index in [0.717, 1.165) is 18.7 Å². The van der Waals surface area contributed by atoms with Crippen molar-refractivity contribution in [1.82, 2.24) is 0 Å². The van der Waals surface area contributed by atoms with Gasteiger partial charge in [-0.2, -0.15) is 0 Å². The Bertz CT molecular complexity index is 357. The number of rotatable bonds is 6. The second kappa shape index (κ2) is 6.65. The summed E-state index contributed by atoms with van der Waals surface area (Å²) in [6, 6.07) is 7.94. The molecular weight excluding hydrogens is 234 g/mol. The van der Waals surface area contributed by atoms with Gasteiger partial charge in [-0.05, 0) is 31.5 Å². The smallest absolute Gasteiger partial charge is 0.154 e. The number of carbonyl (C=O) groups is 1. The van der Waals surface area contributed by atoms with Crippen LogP contribution in [0.5, 0.6) is 0 Å². The second-order valence-electron chi connectivity index (χ2n) is 3.95. The van der Waals surface area contributed by atoms with Gasteiger partial charge in [0.15, 0.2) is 5.78 Å². The average molecular weight is 254 g/mol. The summed E-state index contributed by atoms with van der Waals surface area (Å²) >= 11 is 6.09. The Morgan fingerprint density at radius 3 is 2.12 bits per heavy atom. The Morgan fingerprint density at radius 2 is 1.71 bits per heavy atom. The van der Waals surface area contributed by atoms with Crippen molar-refractivity contribution in [3.05, 3.63) is 29.8 Å². The molecule has 1 rings (SSSR count). The molecule has 0 radical (unpaired) electrons. The zero-order valence-electron chi connectivity index (χ0n) is 10.7. The molecule has 0 aliphatic carbocycles. The Hall–Kier alpha value is -1.02. The third-order valence-corrected chi connectivity index (χ3v) is 3.44. The first kappa shape index (κ1) is 14.0. The van der Waals surface area contributed by atoms with E-state index >= 15 is 0 Å². The van der Waals surface area contributed by atoms with E-state index in [-0.39, 0.29) is 5.78 Å². The van der Waals surface area contributed by atoms with Crippen LogP contribution >= 0.6 is 11.6 Å². The molecule has 0 N–H and O–H groups in total. The van der Waals surface area contributed by atoms with Crippen LogP contribution in [-0.4, -0.2) is 18.9 Å². The number of nitrogens with zero attached hydrogens (tertiary/aromatic N) is 1. The molecule has 0 aliphatic heterocycles. The van der Waals surface area contributed by atoms with Crippen molar-refractivity contribution in [2.45, 2.75) is 32.6 Å². The molecule has 0 saturated carbocycles. The molecule has 1 aromatic rings. The van der Waals surface area contributed by atoms with Crippen molar-refractivity contribution in [3.63, 3.8) is 0 Å². The molecule has 0 spiro atoms. The summed E-state index contributed by atoms with van der Waals surface area (Å²) in [5.41, 5.74) is 2.06. The van der Waals surface area contributed by atoms with E-state index in [0.29, 0.717) is 6.42 Å². The van der Waals surface area contributed by atoms with E-state index in [2.05, 4.69) is 18.7 Å². The van der Waals surface area contributed by atoms with E-state index in [1.54, 1.807) is 0 Å². The minimum Gasteiger partial charge on any atom is -0.372 e. The highest BCUT2D eigenvalue weighted by atomic mass is 35.5. The van der Waals surface area contributed by atoms with Crippen molar-refractivity contribution in [2.75, 3.05) is 18.0 Å². The van der Waals surface area contributed by atoms with Gasteiger partial charge in [-0.1, -0.05) is 19.1 Å². The normalized spacial score (nSPS) is 12.2. The number of Topliss-reactive ketones (excluding diaryl/α,β-unsaturated/α-hetero) is 1. The van der Waals surface area contributed by atoms with Crippen molar-refractivity contribution < 1.29 is 4.79 Å². The summed E-state index contributed by atoms with van der Waals surface area (Å²) in [5.74, 6) is 0.0715. The Labute approximate surface area is 109 Å². The number of hydrogen-bond acceptors (Lipinski definition) is 2. The Kier molecular flexibility index (Phi) is 5.49. The van der Waals surface area contributed by atoms with Crippen LogP contribution in [0.2, 0.25) is 0 Å². The molecule has 1 unspecified atom stereocenters. The van der Waals surface area contributed by atoms with Gasteiger partial charge in [-0.25, -0.2) is 0 Å². The van der Waals surface area contributed by atoms with Crippen LogP contribution < -0.4 is 4.90 Å². The summed E-state index contributed by atoms with van der Waals surface area (Å²) < 4.78 is 0. The maximum atomic E-state index is 11.5. The van der Waals surface area contributed by atoms with Gasteiger partial charge in [-0.3, -0.25) is 4.79 Å². The first-order valence-corrected chi connectivity index (χ1v) is 6.59. The zero-order valence-corrected chi connectivity index (χ0v) is 11.5. The fourth-order valence-corrected chi connectivity index (χ4v) is 2.11. The van der Waals surface area contributed by atoms with E-state index in [4.69, 9.17) is 11.6 Å². The fourth-order valence-electron chi connectivity index (χ4n) is 1.81. The summed E-state index contributed by atoms with van der Waals surface area (Å²) in [4.78, 5) is 13.8.